The van der Waals surface area contributed by atoms with Crippen molar-refractivity contribution in [1.82, 2.24) is 49.9 Å². The van der Waals surface area contributed by atoms with Crippen molar-refractivity contribution in [2.75, 3.05) is 27.3 Å². The second-order valence-corrected chi connectivity index (χ2v) is 21.6. The van der Waals surface area contributed by atoms with E-state index in [9.17, 15) is 19.2 Å². The molecule has 4 fully saturated rings. The Hall–Kier alpha value is -6.80. The van der Waals surface area contributed by atoms with E-state index < -0.39 is 36.3 Å². The molecule has 18 nitrogen and oxygen atoms in total. The Morgan fingerprint density at radius 1 is 0.795 bits per heavy atom. The molecule has 11 rings (SSSR count). The number of H-pyrrole nitrogens is 2. The molecule has 5 aliphatic rings. The fourth-order valence-electron chi connectivity index (χ4n) is 11.5. The van der Waals surface area contributed by atoms with Crippen LogP contribution in [0.2, 0.25) is 0 Å². The van der Waals surface area contributed by atoms with Gasteiger partial charge in [0, 0.05) is 41.7 Å². The summed E-state index contributed by atoms with van der Waals surface area (Å²) in [7, 11) is 2.57. The van der Waals surface area contributed by atoms with Crippen molar-refractivity contribution in [3.63, 3.8) is 0 Å². The second-order valence-electron chi connectivity index (χ2n) is 20.6. The van der Waals surface area contributed by atoms with Gasteiger partial charge in [0.05, 0.1) is 89.0 Å². The summed E-state index contributed by atoms with van der Waals surface area (Å²) in [6, 6.07) is 9.18. The maximum absolute atomic E-state index is 17.0. The van der Waals surface area contributed by atoms with Gasteiger partial charge in [0.1, 0.15) is 35.3 Å². The third kappa shape index (κ3) is 9.21. The summed E-state index contributed by atoms with van der Waals surface area (Å²) >= 11 is 1.62. The SMILES string of the molecule is COC(=O)N[C@H](C(=O)N1CCC[C@H]1c1ncc(-c2cc(F)c3c(c2)OC(c2cnc(C4CC4)s2)n2c-3cc3cc(-c4cnc([C@@H]5CCCN5C(=O)[C@@H](NC(=O)OC)C5C[C@@H](C)O[C@@H](C)C5)[nH]4)ccc32)[nH]1)C(C)C. The molecule has 8 heterocycles. The number of hydrogen-bond donors (Lipinski definition) is 4. The van der Waals surface area contributed by atoms with Gasteiger partial charge in [-0.25, -0.2) is 28.9 Å². The van der Waals surface area contributed by atoms with Gasteiger partial charge in [-0.1, -0.05) is 19.9 Å². The number of thiazole rings is 1. The van der Waals surface area contributed by atoms with Gasteiger partial charge >= 0.3 is 12.2 Å². The Bertz CT molecular complexity index is 3080. The molecule has 1 aliphatic carbocycles. The Morgan fingerprint density at radius 3 is 2.08 bits per heavy atom. The highest BCUT2D eigenvalue weighted by Crippen LogP contribution is 2.50. The standard InChI is InChI=1S/C53H61FN10O8S/c1-26(2)44(60-52(67)69-5)49(65)62-15-7-9-38(62)47-56-24-36(59-47)31-20-34(54)43-40-21-32-19-30(13-14-37(32)64(40)51(72-41(43)22-31)42-25-57-48(73-42)29-11-12-29)35-23-55-46(58-35)39-10-8-16-63(39)50(66)45(61-53(68)70-6)33-17-27(3)71-28(4)18-33/h13-14,19-29,33,38-39,44-45,51H,7-12,15-18H2,1-6H3,(H,55,58)(H,56,59)(H,60,67)(H,61,68)/t27-,28+,33?,38-,39-,44-,45-,51?/m0/s1. The van der Waals surface area contributed by atoms with E-state index in [2.05, 4.69) is 26.7 Å². The van der Waals surface area contributed by atoms with Crippen molar-refractivity contribution in [1.29, 1.82) is 0 Å². The van der Waals surface area contributed by atoms with Crippen LogP contribution in [0.1, 0.15) is 125 Å². The third-order valence-corrected chi connectivity index (χ3v) is 16.4. The summed E-state index contributed by atoms with van der Waals surface area (Å²) in [5, 5.41) is 7.48. The lowest BCUT2D eigenvalue weighted by atomic mass is 9.85. The number of likely N-dealkylation sites (tertiary alicyclic amines) is 2. The van der Waals surface area contributed by atoms with Gasteiger partial charge in [0.2, 0.25) is 18.0 Å². The molecule has 0 spiro atoms. The minimum absolute atomic E-state index is 0.0521. The van der Waals surface area contributed by atoms with Crippen LogP contribution in [0.3, 0.4) is 0 Å². The molecule has 3 saturated heterocycles. The number of ether oxygens (including phenoxy) is 4. The number of methoxy groups -OCH3 is 2. The fourth-order valence-corrected chi connectivity index (χ4v) is 12.6. The quantitative estimate of drug-likeness (QED) is 0.0908. The molecule has 0 bridgehead atoms. The van der Waals surface area contributed by atoms with Crippen LogP contribution >= 0.6 is 11.3 Å². The van der Waals surface area contributed by atoms with E-state index in [-0.39, 0.29) is 47.9 Å². The Morgan fingerprint density at radius 2 is 1.44 bits per heavy atom. The predicted molar refractivity (Wildman–Crippen MR) is 269 cm³/mol. The van der Waals surface area contributed by atoms with E-state index in [0.717, 1.165) is 57.7 Å². The number of carbonyl (C=O) groups excluding carboxylic acids is 4. The largest absolute Gasteiger partial charge is 0.464 e. The summed E-state index contributed by atoms with van der Waals surface area (Å²) in [6.07, 6.45) is 9.66. The molecule has 73 heavy (non-hydrogen) atoms. The van der Waals surface area contributed by atoms with Gasteiger partial charge < -0.3 is 49.3 Å². The number of benzene rings is 2. The lowest BCUT2D eigenvalue weighted by Crippen LogP contribution is -2.54. The minimum atomic E-state index is -0.775. The predicted octanol–water partition coefficient (Wildman–Crippen LogP) is 9.14. The molecular weight excluding hydrogens is 956 g/mol. The summed E-state index contributed by atoms with van der Waals surface area (Å²) in [5.41, 5.74) is 4.56. The van der Waals surface area contributed by atoms with Crippen LogP contribution in [-0.2, 0) is 23.8 Å². The van der Waals surface area contributed by atoms with Gasteiger partial charge in [-0.05, 0) is 107 Å². The molecule has 4 amide bonds. The average molecular weight is 1020 g/mol. The molecule has 4 N–H and O–H groups in total. The highest BCUT2D eigenvalue weighted by Gasteiger charge is 2.43. The normalized spacial score (nSPS) is 23.5. The first-order valence-electron chi connectivity index (χ1n) is 25.4. The molecule has 0 radical (unpaired) electrons. The number of aromatic nitrogens is 6. The van der Waals surface area contributed by atoms with Gasteiger partial charge in [-0.15, -0.1) is 11.3 Å². The number of rotatable bonds is 12. The zero-order chi connectivity index (χ0) is 50.8. The van der Waals surface area contributed by atoms with Crippen molar-refractivity contribution < 1.29 is 42.5 Å². The molecule has 2 aromatic carbocycles. The van der Waals surface area contributed by atoms with Gasteiger partial charge in [-0.3, -0.25) is 14.2 Å². The van der Waals surface area contributed by atoms with E-state index in [1.165, 1.54) is 20.3 Å². The maximum Gasteiger partial charge on any atom is 0.407 e. The molecule has 1 saturated carbocycles. The third-order valence-electron chi connectivity index (χ3n) is 15.2. The van der Waals surface area contributed by atoms with Crippen molar-refractivity contribution in [3.8, 4) is 39.5 Å². The van der Waals surface area contributed by atoms with Crippen LogP contribution < -0.4 is 15.4 Å². The van der Waals surface area contributed by atoms with Crippen LogP contribution in [0, 0.1) is 17.7 Å². The number of carbonyl (C=O) groups is 4. The molecule has 4 aromatic heterocycles. The zero-order valence-corrected chi connectivity index (χ0v) is 42.6. The lowest BCUT2D eigenvalue weighted by molar-refractivity contribution is -0.138. The van der Waals surface area contributed by atoms with E-state index in [1.807, 2.05) is 67.6 Å². The highest BCUT2D eigenvalue weighted by atomic mass is 32.1. The summed E-state index contributed by atoms with van der Waals surface area (Å²) < 4.78 is 41.7. The average Bonchev–Trinajstić information content (AvgIpc) is 4.10. The number of hydrogen-bond acceptors (Lipinski definition) is 12. The smallest absolute Gasteiger partial charge is 0.407 e. The highest BCUT2D eigenvalue weighted by molar-refractivity contribution is 7.11. The van der Waals surface area contributed by atoms with Gasteiger partial charge in [-0.2, -0.15) is 0 Å². The number of fused-ring (bicyclic) bond motifs is 5. The van der Waals surface area contributed by atoms with E-state index in [4.69, 9.17) is 33.9 Å². The first-order chi connectivity index (χ1) is 35.3. The van der Waals surface area contributed by atoms with Crippen molar-refractivity contribution in [3.05, 3.63) is 82.3 Å². The number of halogens is 1. The number of amides is 4. The maximum atomic E-state index is 17.0. The van der Waals surface area contributed by atoms with E-state index in [0.29, 0.717) is 84.6 Å². The second kappa shape index (κ2) is 19.6. The van der Waals surface area contributed by atoms with Crippen molar-refractivity contribution in [2.24, 2.45) is 11.8 Å². The molecule has 20 heteroatoms. The van der Waals surface area contributed by atoms with Crippen LogP contribution in [-0.4, -0.2) is 115 Å². The monoisotopic (exact) mass is 1020 g/mol. The fraction of sp³-hybridized carbons (Fsp3) is 0.491. The molecule has 2 unspecified atom stereocenters. The summed E-state index contributed by atoms with van der Waals surface area (Å²) in [5.74, 6) is 0.889. The summed E-state index contributed by atoms with van der Waals surface area (Å²) in [6.45, 7) is 8.76. The number of alkyl carbamates (subject to hydrolysis) is 2. The number of nitrogens with one attached hydrogen (secondary N) is 4. The zero-order valence-electron chi connectivity index (χ0n) is 41.8. The van der Waals surface area contributed by atoms with Crippen LogP contribution in [0.4, 0.5) is 14.0 Å². The molecular formula is C53H61FN10O8S. The van der Waals surface area contributed by atoms with Crippen LogP contribution in [0.15, 0.2) is 55.0 Å². The lowest BCUT2D eigenvalue weighted by Gasteiger charge is -2.38. The Kier molecular flexibility index (Phi) is 13.0. The first-order valence-corrected chi connectivity index (χ1v) is 26.3. The Labute approximate surface area is 425 Å². The van der Waals surface area contributed by atoms with Crippen LogP contribution in [0.5, 0.6) is 5.75 Å². The molecule has 8 atom stereocenters. The number of imidazole rings is 2. The van der Waals surface area contributed by atoms with Gasteiger partial charge in [0.15, 0.2) is 0 Å². The van der Waals surface area contributed by atoms with Crippen molar-refractivity contribution >= 4 is 46.2 Å². The van der Waals surface area contributed by atoms with E-state index >= 15 is 4.39 Å². The number of aromatic amines is 2. The Balaban J connectivity index is 0.893. The topological polar surface area (TPSA) is 211 Å². The van der Waals surface area contributed by atoms with E-state index in [1.54, 1.807) is 28.6 Å². The molecule has 4 aliphatic heterocycles. The first kappa shape index (κ1) is 48.5. The van der Waals surface area contributed by atoms with Crippen LogP contribution in [0.25, 0.3) is 44.7 Å². The minimum Gasteiger partial charge on any atom is -0.464 e. The van der Waals surface area contributed by atoms with Gasteiger partial charge in [0.25, 0.3) is 0 Å². The molecule has 6 aromatic rings. The molecule has 384 valence electrons. The number of nitrogens with zero attached hydrogens (tertiary/aromatic N) is 6. The van der Waals surface area contributed by atoms with Crippen molar-refractivity contribution in [2.45, 2.75) is 128 Å². The summed E-state index contributed by atoms with van der Waals surface area (Å²) in [4.78, 5) is 78.8.